The zero-order chi connectivity index (χ0) is 19.5. The first-order valence-corrected chi connectivity index (χ1v) is 9.99. The molecule has 6 heteroatoms. The second-order valence-corrected chi connectivity index (χ2v) is 9.05. The van der Waals surface area contributed by atoms with Crippen LogP contribution in [0.2, 0.25) is 0 Å². The largest absolute Gasteiger partial charge is 0.482 e. The summed E-state index contributed by atoms with van der Waals surface area (Å²) >= 11 is 0. The van der Waals surface area contributed by atoms with Crippen molar-refractivity contribution >= 4 is 11.8 Å². The summed E-state index contributed by atoms with van der Waals surface area (Å²) in [6, 6.07) is 0.0542. The second-order valence-electron chi connectivity index (χ2n) is 9.05. The van der Waals surface area contributed by atoms with Crippen molar-refractivity contribution in [1.82, 2.24) is 4.90 Å². The van der Waals surface area contributed by atoms with Gasteiger partial charge < -0.3 is 14.6 Å². The van der Waals surface area contributed by atoms with Gasteiger partial charge in [0.2, 0.25) is 0 Å². The van der Waals surface area contributed by atoms with Crippen molar-refractivity contribution in [1.29, 1.82) is 0 Å². The number of esters is 1. The maximum absolute atomic E-state index is 12.9. The molecule has 3 unspecified atom stereocenters. The van der Waals surface area contributed by atoms with Gasteiger partial charge in [-0.05, 0) is 38.8 Å². The molecule has 2 bridgehead atoms. The zero-order valence-corrected chi connectivity index (χ0v) is 15.9. The molecule has 5 aliphatic carbocycles. The molecule has 1 N–H and O–H groups in total. The number of ether oxygens (including phenoxy) is 2. The molecule has 0 aromatic carbocycles. The minimum atomic E-state index is -0.887. The smallest absolute Gasteiger partial charge is 0.336 e. The number of fused-ring (bicyclic) bond motifs is 1. The number of nitrogens with zero attached hydrogens (tertiary/aromatic N) is 1. The van der Waals surface area contributed by atoms with Crippen LogP contribution in [0, 0.1) is 17.3 Å². The van der Waals surface area contributed by atoms with E-state index in [4.69, 9.17) is 9.47 Å². The molecule has 0 amide bonds. The van der Waals surface area contributed by atoms with E-state index in [2.05, 4.69) is 11.0 Å². The molecule has 4 saturated carbocycles. The molecule has 0 radical (unpaired) electrons. The molecule has 0 aromatic rings. The third-order valence-electron chi connectivity index (χ3n) is 8.35. The van der Waals surface area contributed by atoms with E-state index >= 15 is 0 Å². The molecule has 146 valence electrons. The Labute approximate surface area is 163 Å². The third kappa shape index (κ3) is 1.44. The molecule has 6 fully saturated rings. The Morgan fingerprint density at radius 2 is 2.25 bits per heavy atom. The van der Waals surface area contributed by atoms with Crippen LogP contribution in [0.3, 0.4) is 0 Å². The van der Waals surface area contributed by atoms with Crippen LogP contribution in [-0.2, 0) is 19.1 Å². The number of likely N-dealkylation sites (tertiary alicyclic amines) is 1. The summed E-state index contributed by atoms with van der Waals surface area (Å²) in [6.07, 6.45) is 11.7. The first kappa shape index (κ1) is 16.7. The molecular formula is C22H23NO5. The number of carbonyl (C=O) groups excluding carboxylic acids is 2. The van der Waals surface area contributed by atoms with Gasteiger partial charge in [-0.15, -0.1) is 0 Å². The minimum Gasteiger partial charge on any atom is -0.482 e. The molecule has 7 aliphatic rings. The predicted octanol–water partition coefficient (Wildman–Crippen LogP) is 1.62. The van der Waals surface area contributed by atoms with Gasteiger partial charge in [0.05, 0.1) is 11.0 Å². The Hall–Kier alpha value is -2.18. The van der Waals surface area contributed by atoms with Crippen molar-refractivity contribution in [2.45, 2.75) is 49.5 Å². The SMILES string of the molecule is C/C=C/C=C/C(=O)OC1=C2O[C@H]3C(=O)CC45C[C@]36C2C(C=C1)C[C@@H](N4C)[C@]56O. The van der Waals surface area contributed by atoms with Gasteiger partial charge in [0.25, 0.3) is 0 Å². The van der Waals surface area contributed by atoms with E-state index in [1.165, 1.54) is 6.08 Å². The molecule has 7 rings (SSSR count). The summed E-state index contributed by atoms with van der Waals surface area (Å²) in [5, 5.41) is 11.8. The molecular weight excluding hydrogens is 358 g/mol. The van der Waals surface area contributed by atoms with Gasteiger partial charge in [0.15, 0.2) is 17.6 Å². The number of Topliss-reactive ketones (excluding diaryl/α,β-unsaturated/α-hetero) is 1. The number of likely N-dealkylation sites (N-methyl/N-ethyl adjacent to an activating group) is 1. The quantitative estimate of drug-likeness (QED) is 0.455. The fraction of sp³-hybridized carbons (Fsp3) is 0.545. The van der Waals surface area contributed by atoms with Crippen LogP contribution in [0.25, 0.3) is 0 Å². The number of allylic oxidation sites excluding steroid dienone is 6. The summed E-state index contributed by atoms with van der Waals surface area (Å²) in [5.41, 5.74) is -1.90. The maximum Gasteiger partial charge on any atom is 0.336 e. The van der Waals surface area contributed by atoms with Crippen LogP contribution in [0.1, 0.15) is 26.2 Å². The summed E-state index contributed by atoms with van der Waals surface area (Å²) in [6.45, 7) is 1.87. The molecule has 0 aromatic heterocycles. The van der Waals surface area contributed by atoms with Crippen LogP contribution in [0.15, 0.2) is 48.0 Å². The van der Waals surface area contributed by atoms with Gasteiger partial charge in [-0.3, -0.25) is 9.69 Å². The number of piperidine rings is 1. The number of hydrogen-bond acceptors (Lipinski definition) is 6. The van der Waals surface area contributed by atoms with Crippen LogP contribution >= 0.6 is 0 Å². The molecule has 2 spiro atoms. The number of hydrogen-bond donors (Lipinski definition) is 1. The Morgan fingerprint density at radius 1 is 1.43 bits per heavy atom. The second kappa shape index (κ2) is 4.86. The van der Waals surface area contributed by atoms with Crippen LogP contribution in [-0.4, -0.2) is 52.1 Å². The van der Waals surface area contributed by atoms with E-state index in [0.717, 1.165) is 12.8 Å². The average Bonchev–Trinajstić information content (AvgIpc) is 3.04. The average molecular weight is 381 g/mol. The zero-order valence-electron chi connectivity index (χ0n) is 15.9. The monoisotopic (exact) mass is 381 g/mol. The topological polar surface area (TPSA) is 76.1 Å². The van der Waals surface area contributed by atoms with Crippen molar-refractivity contribution < 1.29 is 24.2 Å². The Kier molecular flexibility index (Phi) is 2.91. The van der Waals surface area contributed by atoms with E-state index in [1.807, 2.05) is 20.0 Å². The maximum atomic E-state index is 12.9. The molecule has 2 aliphatic heterocycles. The molecule has 6 nitrogen and oxygen atoms in total. The van der Waals surface area contributed by atoms with Crippen molar-refractivity contribution in [3.05, 3.63) is 48.0 Å². The number of aliphatic hydroxyl groups is 1. The Balaban J connectivity index is 1.42. The molecule has 2 saturated heterocycles. The van der Waals surface area contributed by atoms with Gasteiger partial charge in [-0.2, -0.15) is 0 Å². The van der Waals surface area contributed by atoms with Gasteiger partial charge in [0, 0.05) is 24.5 Å². The lowest BCUT2D eigenvalue weighted by molar-refractivity contribution is -0.424. The van der Waals surface area contributed by atoms with Crippen LogP contribution in [0.4, 0.5) is 0 Å². The van der Waals surface area contributed by atoms with Gasteiger partial charge >= 0.3 is 5.97 Å². The normalized spacial score (nSPS) is 49.8. The minimum absolute atomic E-state index is 0.0542. The van der Waals surface area contributed by atoms with Crippen LogP contribution in [0.5, 0.6) is 0 Å². The van der Waals surface area contributed by atoms with E-state index in [1.54, 1.807) is 18.2 Å². The fourth-order valence-electron chi connectivity index (χ4n) is 7.47. The lowest BCUT2D eigenvalue weighted by Gasteiger charge is -2.87. The lowest BCUT2D eigenvalue weighted by Crippen LogP contribution is -3.01. The summed E-state index contributed by atoms with van der Waals surface area (Å²) < 4.78 is 11.8. The summed E-state index contributed by atoms with van der Waals surface area (Å²) in [5.74, 6) is 0.609. The summed E-state index contributed by atoms with van der Waals surface area (Å²) in [4.78, 5) is 27.3. The standard InChI is InChI=1S/C22H23NO5/c1-3-4-5-6-16(25)27-14-8-7-12-9-15-22(26)20(23(15)2)10-13(24)19-21(22,11-20)17(12)18(14)28-19/h3-8,12,15,17,19,26H,9-11H2,1-2H3/b4-3+,6-5+/t12?,15-,17?,19+,20?,21+,22+/m1/s1. The highest BCUT2D eigenvalue weighted by atomic mass is 16.6. The predicted molar refractivity (Wildman–Crippen MR) is 98.6 cm³/mol. The highest BCUT2D eigenvalue weighted by Crippen LogP contribution is 2.83. The van der Waals surface area contributed by atoms with Crippen molar-refractivity contribution in [3.8, 4) is 0 Å². The fourth-order valence-corrected chi connectivity index (χ4v) is 7.47. The molecule has 2 heterocycles. The van der Waals surface area contributed by atoms with Crippen molar-refractivity contribution in [3.63, 3.8) is 0 Å². The van der Waals surface area contributed by atoms with E-state index in [9.17, 15) is 14.7 Å². The summed E-state index contributed by atoms with van der Waals surface area (Å²) in [7, 11) is 2.03. The Bertz CT molecular complexity index is 947. The highest BCUT2D eigenvalue weighted by molar-refractivity contribution is 5.91. The number of ketones is 1. The molecule has 7 atom stereocenters. The third-order valence-corrected chi connectivity index (χ3v) is 8.35. The van der Waals surface area contributed by atoms with E-state index in [0.29, 0.717) is 17.9 Å². The van der Waals surface area contributed by atoms with Gasteiger partial charge in [-0.25, -0.2) is 4.79 Å². The van der Waals surface area contributed by atoms with Crippen molar-refractivity contribution in [2.24, 2.45) is 17.3 Å². The van der Waals surface area contributed by atoms with Gasteiger partial charge in [0.1, 0.15) is 11.4 Å². The van der Waals surface area contributed by atoms with Gasteiger partial charge in [-0.1, -0.05) is 24.3 Å². The number of carbonyl (C=O) groups is 2. The highest BCUT2D eigenvalue weighted by Gasteiger charge is 2.95. The van der Waals surface area contributed by atoms with Crippen molar-refractivity contribution in [2.75, 3.05) is 7.05 Å². The first-order valence-electron chi connectivity index (χ1n) is 9.99. The number of rotatable bonds is 3. The Morgan fingerprint density at radius 3 is 3.04 bits per heavy atom. The van der Waals surface area contributed by atoms with Crippen LogP contribution < -0.4 is 0 Å². The van der Waals surface area contributed by atoms with E-state index < -0.39 is 28.6 Å². The first-order chi connectivity index (χ1) is 13.4. The molecule has 28 heavy (non-hydrogen) atoms. The lowest BCUT2D eigenvalue weighted by atomic mass is 9.26. The van der Waals surface area contributed by atoms with E-state index in [-0.39, 0.29) is 23.7 Å².